The third-order valence-electron chi connectivity index (χ3n) is 3.30. The third kappa shape index (κ3) is 1.83. The highest BCUT2D eigenvalue weighted by atomic mass is 16.2. The molecule has 0 aliphatic carbocycles. The summed E-state index contributed by atoms with van der Waals surface area (Å²) < 4.78 is 1.28. The molecule has 0 bridgehead atoms. The molecule has 0 aliphatic rings. The number of carbonyl (C=O) groups excluding carboxylic acids is 1. The van der Waals surface area contributed by atoms with Crippen LogP contribution >= 0.6 is 0 Å². The molecule has 7 nitrogen and oxygen atoms in total. The number of rotatable bonds is 2. The molecule has 0 spiro atoms. The Hall–Kier alpha value is -3.22. The van der Waals surface area contributed by atoms with Gasteiger partial charge in [0.25, 0.3) is 5.91 Å². The molecule has 0 atom stereocenters. The van der Waals surface area contributed by atoms with Crippen molar-refractivity contribution in [3.8, 4) is 11.1 Å². The van der Waals surface area contributed by atoms with E-state index in [2.05, 4.69) is 25.3 Å². The Kier molecular flexibility index (Phi) is 2.43. The van der Waals surface area contributed by atoms with Gasteiger partial charge in [-0.05, 0) is 12.1 Å². The van der Waals surface area contributed by atoms with Gasteiger partial charge in [0.2, 0.25) is 0 Å². The standard InChI is InChI=1S/C14H10N6O/c21-14(20-3-1-2-19-20)9-4-11-12(10-6-17-18-7-10)8-16-13(11)15-5-9/h1-8H,(H,15,16)(H,17,18). The van der Waals surface area contributed by atoms with E-state index in [-0.39, 0.29) is 5.91 Å². The number of aromatic nitrogens is 6. The number of nitrogens with zero attached hydrogens (tertiary/aromatic N) is 4. The van der Waals surface area contributed by atoms with E-state index in [4.69, 9.17) is 0 Å². The maximum Gasteiger partial charge on any atom is 0.279 e. The van der Waals surface area contributed by atoms with Crippen molar-refractivity contribution in [2.24, 2.45) is 0 Å². The number of hydrogen-bond acceptors (Lipinski definition) is 4. The van der Waals surface area contributed by atoms with Crippen LogP contribution in [0.4, 0.5) is 0 Å². The van der Waals surface area contributed by atoms with Crippen LogP contribution < -0.4 is 0 Å². The fraction of sp³-hybridized carbons (Fsp3) is 0. The smallest absolute Gasteiger partial charge is 0.279 e. The SMILES string of the molecule is O=C(c1cnc2[nH]cc(-c3cn[nH]c3)c2c1)n1cccn1. The van der Waals surface area contributed by atoms with Crippen molar-refractivity contribution < 1.29 is 4.79 Å². The lowest BCUT2D eigenvalue weighted by Gasteiger charge is -2.01. The van der Waals surface area contributed by atoms with Crippen molar-refractivity contribution in [2.45, 2.75) is 0 Å². The molecule has 7 heteroatoms. The van der Waals surface area contributed by atoms with E-state index in [1.54, 1.807) is 37.1 Å². The fourth-order valence-electron chi connectivity index (χ4n) is 2.28. The van der Waals surface area contributed by atoms with Crippen LogP contribution in [0.25, 0.3) is 22.2 Å². The van der Waals surface area contributed by atoms with Gasteiger partial charge < -0.3 is 4.98 Å². The van der Waals surface area contributed by atoms with Gasteiger partial charge in [-0.2, -0.15) is 10.2 Å². The van der Waals surface area contributed by atoms with E-state index >= 15 is 0 Å². The first-order chi connectivity index (χ1) is 10.3. The van der Waals surface area contributed by atoms with E-state index in [1.165, 1.54) is 4.68 Å². The topological polar surface area (TPSA) is 92.3 Å². The summed E-state index contributed by atoms with van der Waals surface area (Å²) in [5, 5.41) is 11.5. The number of aromatic amines is 2. The maximum atomic E-state index is 12.3. The molecule has 102 valence electrons. The van der Waals surface area contributed by atoms with E-state index < -0.39 is 0 Å². The van der Waals surface area contributed by atoms with Crippen molar-refractivity contribution in [3.63, 3.8) is 0 Å². The molecule has 0 amide bonds. The summed E-state index contributed by atoms with van der Waals surface area (Å²) in [6.07, 6.45) is 10.1. The van der Waals surface area contributed by atoms with Gasteiger partial charge in [0, 0.05) is 47.5 Å². The normalized spacial score (nSPS) is 11.0. The first kappa shape index (κ1) is 11.6. The largest absolute Gasteiger partial charge is 0.346 e. The van der Waals surface area contributed by atoms with Gasteiger partial charge in [0.1, 0.15) is 5.65 Å². The second-order valence-electron chi connectivity index (χ2n) is 4.57. The summed E-state index contributed by atoms with van der Waals surface area (Å²) in [5.41, 5.74) is 3.09. The van der Waals surface area contributed by atoms with Crippen LogP contribution in [0, 0.1) is 0 Å². The minimum absolute atomic E-state index is 0.214. The lowest BCUT2D eigenvalue weighted by molar-refractivity contribution is 0.0945. The zero-order chi connectivity index (χ0) is 14.2. The summed E-state index contributed by atoms with van der Waals surface area (Å²) in [6, 6.07) is 3.52. The molecular weight excluding hydrogens is 268 g/mol. The first-order valence-electron chi connectivity index (χ1n) is 6.33. The molecule has 2 N–H and O–H groups in total. The van der Waals surface area contributed by atoms with Crippen molar-refractivity contribution in [2.75, 3.05) is 0 Å². The number of pyridine rings is 1. The number of carbonyl (C=O) groups is 1. The highest BCUT2D eigenvalue weighted by Gasteiger charge is 2.13. The highest BCUT2D eigenvalue weighted by Crippen LogP contribution is 2.27. The Morgan fingerprint density at radius 3 is 2.95 bits per heavy atom. The van der Waals surface area contributed by atoms with Gasteiger partial charge in [-0.15, -0.1) is 0 Å². The Morgan fingerprint density at radius 2 is 2.19 bits per heavy atom. The van der Waals surface area contributed by atoms with E-state index in [0.717, 1.165) is 22.2 Å². The van der Waals surface area contributed by atoms with Gasteiger partial charge in [-0.3, -0.25) is 9.89 Å². The number of hydrogen-bond donors (Lipinski definition) is 2. The molecule has 0 aromatic carbocycles. The van der Waals surface area contributed by atoms with Crippen molar-refractivity contribution in [1.82, 2.24) is 29.9 Å². The molecule has 4 rings (SSSR count). The van der Waals surface area contributed by atoms with Crippen molar-refractivity contribution in [3.05, 3.63) is 54.9 Å². The minimum Gasteiger partial charge on any atom is -0.346 e. The molecule has 4 heterocycles. The highest BCUT2D eigenvalue weighted by molar-refractivity contribution is 6.01. The van der Waals surface area contributed by atoms with Crippen molar-refractivity contribution >= 4 is 16.9 Å². The van der Waals surface area contributed by atoms with Gasteiger partial charge in [0.15, 0.2) is 0 Å². The lowest BCUT2D eigenvalue weighted by atomic mass is 10.1. The number of fused-ring (bicyclic) bond motifs is 1. The predicted molar refractivity (Wildman–Crippen MR) is 75.6 cm³/mol. The van der Waals surface area contributed by atoms with Crippen LogP contribution in [-0.2, 0) is 0 Å². The van der Waals surface area contributed by atoms with E-state index in [9.17, 15) is 4.79 Å². The summed E-state index contributed by atoms with van der Waals surface area (Å²) in [4.78, 5) is 19.7. The van der Waals surface area contributed by atoms with Gasteiger partial charge >= 0.3 is 0 Å². The average Bonchev–Trinajstić information content (AvgIpc) is 3.25. The van der Waals surface area contributed by atoms with E-state index in [0.29, 0.717) is 5.56 Å². The molecule has 4 aromatic heterocycles. The summed E-state index contributed by atoms with van der Waals surface area (Å²) in [7, 11) is 0. The van der Waals surface area contributed by atoms with Crippen LogP contribution in [0.3, 0.4) is 0 Å². The van der Waals surface area contributed by atoms with Crippen LogP contribution in [-0.4, -0.2) is 35.9 Å². The molecule has 21 heavy (non-hydrogen) atoms. The molecule has 0 unspecified atom stereocenters. The Balaban J connectivity index is 1.86. The molecule has 0 saturated carbocycles. The van der Waals surface area contributed by atoms with Crippen molar-refractivity contribution in [1.29, 1.82) is 0 Å². The predicted octanol–water partition coefficient (Wildman–Crippen LogP) is 1.84. The number of H-pyrrole nitrogens is 2. The molecule has 0 saturated heterocycles. The molecule has 0 aliphatic heterocycles. The zero-order valence-corrected chi connectivity index (χ0v) is 10.8. The van der Waals surface area contributed by atoms with Crippen LogP contribution in [0.1, 0.15) is 10.4 Å². The van der Waals surface area contributed by atoms with Crippen LogP contribution in [0.5, 0.6) is 0 Å². The average molecular weight is 278 g/mol. The zero-order valence-electron chi connectivity index (χ0n) is 10.8. The lowest BCUT2D eigenvalue weighted by Crippen LogP contribution is -2.12. The monoisotopic (exact) mass is 278 g/mol. The molecular formula is C14H10N6O. The second kappa shape index (κ2) is 4.41. The van der Waals surface area contributed by atoms with Gasteiger partial charge in [-0.1, -0.05) is 0 Å². The van der Waals surface area contributed by atoms with E-state index in [1.807, 2.05) is 12.3 Å². The molecule has 0 radical (unpaired) electrons. The first-order valence-corrected chi connectivity index (χ1v) is 6.33. The summed E-state index contributed by atoms with van der Waals surface area (Å²) >= 11 is 0. The minimum atomic E-state index is -0.214. The molecule has 0 fully saturated rings. The number of nitrogens with one attached hydrogen (secondary N) is 2. The Bertz CT molecular complexity index is 904. The van der Waals surface area contributed by atoms with Gasteiger partial charge in [0.05, 0.1) is 11.8 Å². The Morgan fingerprint density at radius 1 is 1.24 bits per heavy atom. The third-order valence-corrected chi connectivity index (χ3v) is 3.30. The van der Waals surface area contributed by atoms with Gasteiger partial charge in [-0.25, -0.2) is 9.67 Å². The second-order valence-corrected chi connectivity index (χ2v) is 4.57. The summed E-state index contributed by atoms with van der Waals surface area (Å²) in [5.74, 6) is -0.214. The summed E-state index contributed by atoms with van der Waals surface area (Å²) in [6.45, 7) is 0. The van der Waals surface area contributed by atoms with Crippen LogP contribution in [0.15, 0.2) is 49.3 Å². The fourth-order valence-corrected chi connectivity index (χ4v) is 2.28. The molecule has 4 aromatic rings. The quantitative estimate of drug-likeness (QED) is 0.585. The van der Waals surface area contributed by atoms with Crippen LogP contribution in [0.2, 0.25) is 0 Å². The Labute approximate surface area is 118 Å². The maximum absolute atomic E-state index is 12.3.